The number of hydrogen-bond donors (Lipinski definition) is 0. The number of hydrogen-bond acceptors (Lipinski definition) is 3. The molecule has 3 rings (SSSR count). The topological polar surface area (TPSA) is 57.7 Å². The van der Waals surface area contributed by atoms with Gasteiger partial charge in [-0.2, -0.15) is 4.31 Å². The van der Waals surface area contributed by atoms with Gasteiger partial charge in [0.15, 0.2) is 0 Å². The molecule has 1 spiro atoms. The molecule has 1 fully saturated rings. The summed E-state index contributed by atoms with van der Waals surface area (Å²) >= 11 is 0. The highest BCUT2D eigenvalue weighted by molar-refractivity contribution is 7.89. The molecule has 0 N–H and O–H groups in total. The fraction of sp³-hybridized carbons (Fsp3) is 0.462. The molecule has 1 aromatic carbocycles. The highest BCUT2D eigenvalue weighted by Gasteiger charge is 2.55. The summed E-state index contributed by atoms with van der Waals surface area (Å²) in [6, 6.07) is 7.10. The van der Waals surface area contributed by atoms with E-state index in [1.807, 2.05) is 12.1 Å². The number of likely N-dealkylation sites (tertiary alicyclic amines) is 1. The number of carbonyl (C=O) groups is 1. The minimum Gasteiger partial charge on any atom is -0.341 e. The second kappa shape index (κ2) is 3.80. The molecule has 0 aromatic heterocycles. The summed E-state index contributed by atoms with van der Waals surface area (Å²) in [5, 5.41) is 0. The van der Waals surface area contributed by atoms with E-state index in [0.29, 0.717) is 24.4 Å². The number of rotatable bonds is 0. The number of sulfonamides is 1. The van der Waals surface area contributed by atoms with Crippen LogP contribution >= 0.6 is 0 Å². The highest BCUT2D eigenvalue weighted by atomic mass is 32.2. The predicted octanol–water partition coefficient (Wildman–Crippen LogP) is 0.768. The Kier molecular flexibility index (Phi) is 2.53. The lowest BCUT2D eigenvalue weighted by Crippen LogP contribution is -2.43. The molecule has 0 aliphatic carbocycles. The maximum Gasteiger partial charge on any atom is 0.244 e. The zero-order chi connectivity index (χ0) is 13.8. The monoisotopic (exact) mass is 280 g/mol. The molecule has 1 atom stereocenters. The molecule has 0 unspecified atom stereocenters. The molecule has 102 valence electrons. The molecule has 1 amide bonds. The van der Waals surface area contributed by atoms with Crippen LogP contribution in [-0.4, -0.2) is 43.7 Å². The van der Waals surface area contributed by atoms with Crippen LogP contribution in [0.5, 0.6) is 0 Å². The molecule has 0 saturated carbocycles. The quantitative estimate of drug-likeness (QED) is 0.705. The van der Waals surface area contributed by atoms with E-state index in [1.165, 1.54) is 11.2 Å². The van der Waals surface area contributed by atoms with E-state index in [0.717, 1.165) is 5.56 Å². The average molecular weight is 280 g/mol. The van der Waals surface area contributed by atoms with E-state index in [1.54, 1.807) is 24.1 Å². The molecule has 2 heterocycles. The van der Waals surface area contributed by atoms with Gasteiger partial charge in [0.05, 0.1) is 10.4 Å². The molecule has 2 aliphatic rings. The molecule has 1 aromatic rings. The van der Waals surface area contributed by atoms with Crippen molar-refractivity contribution in [2.45, 2.75) is 23.8 Å². The molecule has 1 saturated heterocycles. The number of carbonyl (C=O) groups excluding carboxylic acids is 1. The molecule has 5 nitrogen and oxygen atoms in total. The lowest BCUT2D eigenvalue weighted by Gasteiger charge is -2.30. The molecular weight excluding hydrogens is 264 g/mol. The molecule has 6 heteroatoms. The van der Waals surface area contributed by atoms with Crippen molar-refractivity contribution in [2.24, 2.45) is 0 Å². The summed E-state index contributed by atoms with van der Waals surface area (Å²) in [6.07, 6.45) is 0.652. The zero-order valence-electron chi connectivity index (χ0n) is 11.0. The van der Waals surface area contributed by atoms with Gasteiger partial charge in [-0.05, 0) is 18.1 Å². The standard InChI is InChI=1S/C13H16N2O3S/c1-10(16)15-8-7-13(9-15)11-5-3-4-6-12(11)19(17,18)14(13)2/h3-6H,7-9H2,1-2H3/t13-/m0/s1. The van der Waals surface area contributed by atoms with Gasteiger partial charge in [-0.3, -0.25) is 4.79 Å². The fourth-order valence-electron chi connectivity index (χ4n) is 3.16. The van der Waals surface area contributed by atoms with Crippen molar-refractivity contribution in [3.63, 3.8) is 0 Å². The van der Waals surface area contributed by atoms with E-state index < -0.39 is 15.6 Å². The van der Waals surface area contributed by atoms with Crippen molar-refractivity contribution >= 4 is 15.9 Å². The van der Waals surface area contributed by atoms with Crippen molar-refractivity contribution in [3.05, 3.63) is 29.8 Å². The van der Waals surface area contributed by atoms with Crippen molar-refractivity contribution in [2.75, 3.05) is 20.1 Å². The van der Waals surface area contributed by atoms with Gasteiger partial charge in [-0.1, -0.05) is 18.2 Å². The Morgan fingerprint density at radius 2 is 2.00 bits per heavy atom. The smallest absolute Gasteiger partial charge is 0.244 e. The van der Waals surface area contributed by atoms with E-state index in [2.05, 4.69) is 0 Å². The second-order valence-electron chi connectivity index (χ2n) is 5.19. The number of amides is 1. The molecular formula is C13H16N2O3S. The van der Waals surface area contributed by atoms with Crippen LogP contribution in [0.25, 0.3) is 0 Å². The van der Waals surface area contributed by atoms with Crippen molar-refractivity contribution in [1.82, 2.24) is 9.21 Å². The third-order valence-corrected chi connectivity index (χ3v) is 6.31. The maximum atomic E-state index is 12.4. The van der Waals surface area contributed by atoms with Gasteiger partial charge in [0, 0.05) is 27.1 Å². The Balaban J connectivity index is 2.17. The Morgan fingerprint density at radius 1 is 1.32 bits per heavy atom. The summed E-state index contributed by atoms with van der Waals surface area (Å²) in [6.45, 7) is 2.56. The first-order chi connectivity index (χ1) is 8.89. The lowest BCUT2D eigenvalue weighted by molar-refractivity contribution is -0.128. The fourth-order valence-corrected chi connectivity index (χ4v) is 4.95. The molecule has 19 heavy (non-hydrogen) atoms. The third-order valence-electron chi connectivity index (χ3n) is 4.32. The van der Waals surface area contributed by atoms with Gasteiger partial charge >= 0.3 is 0 Å². The normalized spacial score (nSPS) is 28.8. The van der Waals surface area contributed by atoms with Gasteiger partial charge in [0.1, 0.15) is 0 Å². The first-order valence-electron chi connectivity index (χ1n) is 6.24. The zero-order valence-corrected chi connectivity index (χ0v) is 11.8. The number of fused-ring (bicyclic) bond motifs is 2. The minimum atomic E-state index is -3.43. The molecule has 0 bridgehead atoms. The number of nitrogens with zero attached hydrogens (tertiary/aromatic N) is 2. The largest absolute Gasteiger partial charge is 0.341 e. The summed E-state index contributed by atoms with van der Waals surface area (Å²) < 4.78 is 26.3. The Labute approximate surface area is 112 Å². The van der Waals surface area contributed by atoms with Crippen LogP contribution in [0.2, 0.25) is 0 Å². The van der Waals surface area contributed by atoms with Crippen LogP contribution in [0, 0.1) is 0 Å². The average Bonchev–Trinajstić information content (AvgIpc) is 2.89. The first kappa shape index (κ1) is 12.6. The Bertz CT molecular complexity index is 656. The van der Waals surface area contributed by atoms with Crippen LogP contribution in [-0.2, 0) is 20.4 Å². The van der Waals surface area contributed by atoms with E-state index in [4.69, 9.17) is 0 Å². The summed E-state index contributed by atoms with van der Waals surface area (Å²) in [4.78, 5) is 13.6. The maximum absolute atomic E-state index is 12.4. The Hall–Kier alpha value is -1.40. The molecule has 0 radical (unpaired) electrons. The van der Waals surface area contributed by atoms with Gasteiger partial charge in [0.2, 0.25) is 15.9 Å². The third kappa shape index (κ3) is 1.50. The lowest BCUT2D eigenvalue weighted by atomic mass is 9.89. The van der Waals surface area contributed by atoms with Crippen molar-refractivity contribution in [1.29, 1.82) is 0 Å². The van der Waals surface area contributed by atoms with Crippen LogP contribution < -0.4 is 0 Å². The van der Waals surface area contributed by atoms with Crippen LogP contribution in [0.1, 0.15) is 18.9 Å². The van der Waals surface area contributed by atoms with Crippen molar-refractivity contribution in [3.8, 4) is 0 Å². The predicted molar refractivity (Wildman–Crippen MR) is 69.9 cm³/mol. The minimum absolute atomic E-state index is 0.00736. The summed E-state index contributed by atoms with van der Waals surface area (Å²) in [5.41, 5.74) is 0.238. The summed E-state index contributed by atoms with van der Waals surface area (Å²) in [7, 11) is -1.82. The van der Waals surface area contributed by atoms with Crippen LogP contribution in [0.4, 0.5) is 0 Å². The van der Waals surface area contributed by atoms with Gasteiger partial charge in [-0.15, -0.1) is 0 Å². The molecule has 2 aliphatic heterocycles. The van der Waals surface area contributed by atoms with Crippen LogP contribution in [0.3, 0.4) is 0 Å². The summed E-state index contributed by atoms with van der Waals surface area (Å²) in [5.74, 6) is -0.00736. The SMILES string of the molecule is CC(=O)N1CC[C@]2(C1)c1ccccc1S(=O)(=O)N2C. The Morgan fingerprint density at radius 3 is 2.63 bits per heavy atom. The van der Waals surface area contributed by atoms with E-state index in [-0.39, 0.29) is 5.91 Å². The second-order valence-corrected chi connectivity index (χ2v) is 7.13. The van der Waals surface area contributed by atoms with E-state index in [9.17, 15) is 13.2 Å². The van der Waals surface area contributed by atoms with Gasteiger partial charge in [0.25, 0.3) is 0 Å². The van der Waals surface area contributed by atoms with E-state index >= 15 is 0 Å². The number of likely N-dealkylation sites (N-methyl/N-ethyl adjacent to an activating group) is 1. The van der Waals surface area contributed by atoms with Gasteiger partial charge < -0.3 is 4.90 Å². The van der Waals surface area contributed by atoms with Gasteiger partial charge in [-0.25, -0.2) is 8.42 Å². The first-order valence-corrected chi connectivity index (χ1v) is 7.68. The highest BCUT2D eigenvalue weighted by Crippen LogP contribution is 2.48. The van der Waals surface area contributed by atoms with Crippen molar-refractivity contribution < 1.29 is 13.2 Å². The van der Waals surface area contributed by atoms with Crippen LogP contribution in [0.15, 0.2) is 29.2 Å². The number of benzene rings is 1.